The third-order valence-electron chi connectivity index (χ3n) is 8.70. The van der Waals surface area contributed by atoms with Gasteiger partial charge in [-0.2, -0.15) is 26.3 Å². The molecular formula is C31H35F7N4O3. The molecule has 2 aliphatic heterocycles. The fourth-order valence-electron chi connectivity index (χ4n) is 6.28. The fourth-order valence-corrected chi connectivity index (χ4v) is 6.28. The van der Waals surface area contributed by atoms with Crippen molar-refractivity contribution in [3.8, 4) is 0 Å². The van der Waals surface area contributed by atoms with E-state index in [-0.39, 0.29) is 43.0 Å². The van der Waals surface area contributed by atoms with Gasteiger partial charge in [0.2, 0.25) is 17.7 Å². The maximum absolute atomic E-state index is 14.0. The van der Waals surface area contributed by atoms with Crippen molar-refractivity contribution in [3.63, 3.8) is 0 Å². The number of carbonyl (C=O) groups excluding carboxylic acids is 3. The molecule has 2 N–H and O–H groups in total. The van der Waals surface area contributed by atoms with Crippen LogP contribution in [0.25, 0.3) is 0 Å². The minimum absolute atomic E-state index is 0.0373. The smallest absolute Gasteiger partial charge is 0.369 e. The van der Waals surface area contributed by atoms with Crippen LogP contribution >= 0.6 is 0 Å². The summed E-state index contributed by atoms with van der Waals surface area (Å²) in [6.07, 6.45) is -8.86. The van der Waals surface area contributed by atoms with Gasteiger partial charge in [0.05, 0.1) is 17.7 Å². The number of likely N-dealkylation sites (tertiary alicyclic amines) is 2. The predicted octanol–water partition coefficient (Wildman–Crippen LogP) is 4.96. The van der Waals surface area contributed by atoms with Crippen molar-refractivity contribution in [2.24, 2.45) is 17.6 Å². The van der Waals surface area contributed by atoms with Gasteiger partial charge < -0.3 is 15.5 Å². The number of halogens is 7. The Labute approximate surface area is 256 Å². The Balaban J connectivity index is 1.53. The Morgan fingerprint density at radius 2 is 1.51 bits per heavy atom. The van der Waals surface area contributed by atoms with Crippen LogP contribution in [0.4, 0.5) is 30.7 Å². The second-order valence-corrected chi connectivity index (χ2v) is 11.9. The van der Waals surface area contributed by atoms with Crippen LogP contribution in [0.3, 0.4) is 0 Å². The molecule has 0 aliphatic carbocycles. The van der Waals surface area contributed by atoms with Crippen molar-refractivity contribution >= 4 is 17.7 Å². The van der Waals surface area contributed by atoms with Gasteiger partial charge in [0.25, 0.3) is 0 Å². The van der Waals surface area contributed by atoms with Crippen molar-refractivity contribution in [1.29, 1.82) is 0 Å². The molecule has 2 unspecified atom stereocenters. The van der Waals surface area contributed by atoms with Crippen LogP contribution in [0, 0.1) is 24.6 Å². The Kier molecular flexibility index (Phi) is 10.1. The minimum Gasteiger partial charge on any atom is -0.369 e. The van der Waals surface area contributed by atoms with Crippen LogP contribution < -0.4 is 5.73 Å². The molecule has 2 heterocycles. The zero-order valence-electron chi connectivity index (χ0n) is 24.8. The number of nitrogens with zero attached hydrogens (tertiary/aromatic N) is 3. The highest BCUT2D eigenvalue weighted by Gasteiger charge is 2.40. The summed E-state index contributed by atoms with van der Waals surface area (Å²) in [4.78, 5) is 43.0. The summed E-state index contributed by atoms with van der Waals surface area (Å²) in [5, 5.41) is 0. The van der Waals surface area contributed by atoms with Crippen molar-refractivity contribution in [1.82, 2.24) is 14.7 Å². The number of hydrogen-bond donors (Lipinski definition) is 1. The number of alkyl halides is 6. The third kappa shape index (κ3) is 8.33. The highest BCUT2D eigenvalue weighted by atomic mass is 19.4. The molecule has 0 aromatic heterocycles. The standard InChI is InChI=1S/C31H35F7N4O3/c1-18-11-23(32)3-4-24(18)26-16-41(17-27(43)42-9-5-20(6-10-42)28(39)44)8-7-25(26)29(45)40(2)15-19-12-21(30(33,34)35)14-22(13-19)31(36,37)38/h3-4,11-14,20,25-26H,5-10,15-17H2,1-2H3,(H2,39,44). The number of piperidine rings is 2. The maximum Gasteiger partial charge on any atom is 0.416 e. The zero-order valence-corrected chi connectivity index (χ0v) is 24.8. The normalized spacial score (nSPS) is 20.2. The molecule has 45 heavy (non-hydrogen) atoms. The average Bonchev–Trinajstić information content (AvgIpc) is 2.95. The molecule has 3 amide bonds. The van der Waals surface area contributed by atoms with Gasteiger partial charge in [0, 0.05) is 51.0 Å². The van der Waals surface area contributed by atoms with Gasteiger partial charge in [-0.15, -0.1) is 0 Å². The van der Waals surface area contributed by atoms with Crippen LogP contribution in [0.2, 0.25) is 0 Å². The van der Waals surface area contributed by atoms with E-state index >= 15 is 0 Å². The molecule has 14 heteroatoms. The lowest BCUT2D eigenvalue weighted by Gasteiger charge is -2.40. The van der Waals surface area contributed by atoms with Crippen LogP contribution in [0.15, 0.2) is 36.4 Å². The van der Waals surface area contributed by atoms with Crippen LogP contribution in [0.5, 0.6) is 0 Å². The number of primary amides is 1. The second-order valence-electron chi connectivity index (χ2n) is 11.9. The first-order valence-electron chi connectivity index (χ1n) is 14.5. The van der Waals surface area contributed by atoms with Gasteiger partial charge in [-0.05, 0) is 79.8 Å². The highest BCUT2D eigenvalue weighted by molar-refractivity contribution is 5.81. The molecule has 246 valence electrons. The van der Waals surface area contributed by atoms with Crippen LogP contribution in [0.1, 0.15) is 53.0 Å². The topological polar surface area (TPSA) is 87.0 Å². The van der Waals surface area contributed by atoms with Crippen LogP contribution in [-0.4, -0.2) is 72.2 Å². The molecular weight excluding hydrogens is 609 g/mol. The summed E-state index contributed by atoms with van der Waals surface area (Å²) in [7, 11) is 1.32. The summed E-state index contributed by atoms with van der Waals surface area (Å²) in [6, 6.07) is 5.35. The predicted molar refractivity (Wildman–Crippen MR) is 150 cm³/mol. The molecule has 7 nitrogen and oxygen atoms in total. The molecule has 0 spiro atoms. The minimum atomic E-state index is -5.02. The zero-order chi connectivity index (χ0) is 33.3. The van der Waals surface area contributed by atoms with Crippen LogP contribution in [-0.2, 0) is 33.3 Å². The van der Waals surface area contributed by atoms with Crippen molar-refractivity contribution in [3.05, 3.63) is 70.0 Å². The van der Waals surface area contributed by atoms with Crippen molar-refractivity contribution in [2.75, 3.05) is 39.8 Å². The van der Waals surface area contributed by atoms with E-state index in [1.165, 1.54) is 19.2 Å². The Hall–Kier alpha value is -3.68. The van der Waals surface area contributed by atoms with E-state index in [2.05, 4.69) is 0 Å². The van der Waals surface area contributed by atoms with E-state index in [0.29, 0.717) is 55.7 Å². The lowest BCUT2D eigenvalue weighted by atomic mass is 9.78. The Morgan fingerprint density at radius 1 is 0.911 bits per heavy atom. The molecule has 4 rings (SSSR count). The average molecular weight is 645 g/mol. The molecule has 2 aromatic carbocycles. The number of benzene rings is 2. The molecule has 0 bridgehead atoms. The highest BCUT2D eigenvalue weighted by Crippen LogP contribution is 2.38. The van der Waals surface area contributed by atoms with E-state index in [1.54, 1.807) is 17.9 Å². The summed E-state index contributed by atoms with van der Waals surface area (Å²) in [5.74, 6) is -3.07. The number of aryl methyl sites for hydroxylation is 1. The van der Waals surface area contributed by atoms with Crippen molar-refractivity contribution < 1.29 is 45.1 Å². The van der Waals surface area contributed by atoms with Crippen molar-refractivity contribution in [2.45, 2.75) is 51.0 Å². The Morgan fingerprint density at radius 3 is 2.04 bits per heavy atom. The number of amides is 3. The second kappa shape index (κ2) is 13.4. The first-order chi connectivity index (χ1) is 20.9. The largest absolute Gasteiger partial charge is 0.416 e. The molecule has 2 saturated heterocycles. The lowest BCUT2D eigenvalue weighted by Crippen LogP contribution is -2.50. The molecule has 0 radical (unpaired) electrons. The van der Waals surface area contributed by atoms with Gasteiger partial charge in [-0.25, -0.2) is 4.39 Å². The van der Waals surface area contributed by atoms with Gasteiger partial charge >= 0.3 is 12.4 Å². The number of rotatable bonds is 7. The van der Waals surface area contributed by atoms with E-state index < -0.39 is 59.5 Å². The first-order valence-corrected chi connectivity index (χ1v) is 14.5. The maximum atomic E-state index is 14.0. The third-order valence-corrected chi connectivity index (χ3v) is 8.70. The SMILES string of the molecule is Cc1cc(F)ccc1C1CN(CC(=O)N2CCC(C(N)=O)CC2)CCC1C(=O)N(C)Cc1cc(C(F)(F)F)cc(C(F)(F)F)c1. The van der Waals surface area contributed by atoms with Gasteiger partial charge in [0.15, 0.2) is 0 Å². The quantitative estimate of drug-likeness (QED) is 0.432. The first kappa shape index (κ1) is 34.2. The summed E-state index contributed by atoms with van der Waals surface area (Å²) in [5.41, 5.74) is 3.34. The van der Waals surface area contributed by atoms with Gasteiger partial charge in [-0.1, -0.05) is 6.07 Å². The van der Waals surface area contributed by atoms with E-state index in [4.69, 9.17) is 5.73 Å². The number of hydrogen-bond acceptors (Lipinski definition) is 4. The molecule has 2 fully saturated rings. The number of carbonyl (C=O) groups is 3. The Bertz CT molecular complexity index is 1390. The molecule has 0 saturated carbocycles. The molecule has 2 aromatic rings. The summed E-state index contributed by atoms with van der Waals surface area (Å²) in [6.45, 7) is 2.56. The monoisotopic (exact) mass is 644 g/mol. The molecule has 2 atom stereocenters. The summed E-state index contributed by atoms with van der Waals surface area (Å²) < 4.78 is 94.4. The molecule has 2 aliphatic rings. The van der Waals surface area contributed by atoms with Gasteiger partial charge in [-0.3, -0.25) is 19.3 Å². The van der Waals surface area contributed by atoms with E-state index in [1.807, 2.05) is 4.90 Å². The number of nitrogens with two attached hydrogens (primary N) is 1. The van der Waals surface area contributed by atoms with Gasteiger partial charge in [0.1, 0.15) is 5.82 Å². The van der Waals surface area contributed by atoms with E-state index in [9.17, 15) is 45.1 Å². The van der Waals surface area contributed by atoms with E-state index in [0.717, 1.165) is 4.90 Å². The lowest BCUT2D eigenvalue weighted by molar-refractivity contribution is -0.143. The fraction of sp³-hybridized carbons (Fsp3) is 0.516. The summed E-state index contributed by atoms with van der Waals surface area (Å²) >= 11 is 0.